The number of hydrogen-bond acceptors (Lipinski definition) is 3. The summed E-state index contributed by atoms with van der Waals surface area (Å²) in [7, 11) is -3.77. The zero-order valence-corrected chi connectivity index (χ0v) is 10.6. The molecule has 0 bridgehead atoms. The molecular formula is C10H11ClN2O3S. The standard InChI is InChI=1S/C10H11ClN2O3S/c1-3-7(4-2)13-17(15,16)8-5-9(11)10(14)12-6-8/h1,5-7,13H,4H2,2H3,(H,12,14). The summed E-state index contributed by atoms with van der Waals surface area (Å²) in [5.41, 5.74) is -0.547. The largest absolute Gasteiger partial charge is 0.326 e. The van der Waals surface area contributed by atoms with Gasteiger partial charge in [0.15, 0.2) is 0 Å². The Balaban J connectivity index is 3.10. The third kappa shape index (κ3) is 3.33. The third-order valence-corrected chi connectivity index (χ3v) is 3.78. The summed E-state index contributed by atoms with van der Waals surface area (Å²) in [4.78, 5) is 13.1. The molecule has 1 heterocycles. The molecule has 1 atom stereocenters. The van der Waals surface area contributed by atoms with Crippen molar-refractivity contribution in [2.24, 2.45) is 0 Å². The number of pyridine rings is 1. The van der Waals surface area contributed by atoms with Crippen molar-refractivity contribution in [1.82, 2.24) is 9.71 Å². The van der Waals surface area contributed by atoms with Crippen LogP contribution in [-0.2, 0) is 10.0 Å². The highest BCUT2D eigenvalue weighted by molar-refractivity contribution is 7.89. The zero-order chi connectivity index (χ0) is 13.1. The van der Waals surface area contributed by atoms with Gasteiger partial charge in [-0.15, -0.1) is 6.42 Å². The number of sulfonamides is 1. The lowest BCUT2D eigenvalue weighted by atomic mass is 10.3. The molecular weight excluding hydrogens is 264 g/mol. The lowest BCUT2D eigenvalue weighted by Crippen LogP contribution is -2.33. The Labute approximate surface area is 104 Å². The highest BCUT2D eigenvalue weighted by Crippen LogP contribution is 2.11. The minimum Gasteiger partial charge on any atom is -0.326 e. The molecule has 1 aromatic rings. The van der Waals surface area contributed by atoms with Crippen LogP contribution in [0.15, 0.2) is 22.0 Å². The molecule has 0 spiro atoms. The van der Waals surface area contributed by atoms with E-state index in [0.717, 1.165) is 12.3 Å². The summed E-state index contributed by atoms with van der Waals surface area (Å²) < 4.78 is 26.0. The molecule has 1 aromatic heterocycles. The van der Waals surface area contributed by atoms with Crippen molar-refractivity contribution in [1.29, 1.82) is 0 Å². The van der Waals surface area contributed by atoms with E-state index in [4.69, 9.17) is 18.0 Å². The molecule has 7 heteroatoms. The maximum Gasteiger partial charge on any atom is 0.266 e. The lowest BCUT2D eigenvalue weighted by Gasteiger charge is -2.11. The van der Waals surface area contributed by atoms with Crippen LogP contribution in [0.4, 0.5) is 0 Å². The topological polar surface area (TPSA) is 79.0 Å². The van der Waals surface area contributed by atoms with Crippen LogP contribution in [0.25, 0.3) is 0 Å². The van der Waals surface area contributed by atoms with E-state index in [1.54, 1.807) is 6.92 Å². The van der Waals surface area contributed by atoms with Crippen molar-refractivity contribution < 1.29 is 8.42 Å². The molecule has 17 heavy (non-hydrogen) atoms. The number of aromatic nitrogens is 1. The van der Waals surface area contributed by atoms with Crippen molar-refractivity contribution in [3.05, 3.63) is 27.6 Å². The van der Waals surface area contributed by atoms with Gasteiger partial charge >= 0.3 is 0 Å². The first-order chi connectivity index (χ1) is 7.90. The number of halogens is 1. The summed E-state index contributed by atoms with van der Waals surface area (Å²) in [5, 5.41) is -0.193. The molecule has 0 aliphatic rings. The highest BCUT2D eigenvalue weighted by atomic mass is 35.5. The second-order valence-electron chi connectivity index (χ2n) is 3.26. The second kappa shape index (κ2) is 5.36. The molecule has 0 saturated carbocycles. The van der Waals surface area contributed by atoms with Crippen LogP contribution in [0.1, 0.15) is 13.3 Å². The van der Waals surface area contributed by atoms with E-state index in [0.29, 0.717) is 6.42 Å². The Morgan fingerprint density at radius 1 is 1.65 bits per heavy atom. The van der Waals surface area contributed by atoms with Crippen LogP contribution in [0.3, 0.4) is 0 Å². The summed E-state index contributed by atoms with van der Waals surface area (Å²) in [6.07, 6.45) is 6.70. The first-order valence-corrected chi connectivity index (χ1v) is 6.63. The molecule has 0 radical (unpaired) electrons. The molecule has 1 rings (SSSR count). The molecule has 2 N–H and O–H groups in total. The molecule has 0 aliphatic carbocycles. The molecule has 0 aromatic carbocycles. The van der Waals surface area contributed by atoms with Crippen molar-refractivity contribution >= 4 is 21.6 Å². The molecule has 0 amide bonds. The normalized spacial score (nSPS) is 13.0. The molecule has 5 nitrogen and oxygen atoms in total. The number of H-pyrrole nitrogens is 1. The van der Waals surface area contributed by atoms with Crippen molar-refractivity contribution in [3.63, 3.8) is 0 Å². The van der Waals surface area contributed by atoms with Gasteiger partial charge in [0.05, 0.1) is 10.9 Å². The molecule has 92 valence electrons. The molecule has 0 aliphatic heterocycles. The van der Waals surface area contributed by atoms with E-state index in [1.807, 2.05) is 0 Å². The average Bonchev–Trinajstić information content (AvgIpc) is 2.29. The van der Waals surface area contributed by atoms with Crippen LogP contribution in [0.5, 0.6) is 0 Å². The number of rotatable bonds is 4. The predicted octanol–water partition coefficient (Wildman–Crippen LogP) is 0.718. The third-order valence-electron chi connectivity index (χ3n) is 2.05. The van der Waals surface area contributed by atoms with E-state index in [2.05, 4.69) is 15.6 Å². The molecule has 0 fully saturated rings. The van der Waals surface area contributed by atoms with Gasteiger partial charge in [0.2, 0.25) is 10.0 Å². The number of nitrogens with one attached hydrogen (secondary N) is 2. The molecule has 1 unspecified atom stereocenters. The Hall–Kier alpha value is -1.29. The summed E-state index contributed by atoms with van der Waals surface area (Å²) in [6, 6.07) is 0.483. The van der Waals surface area contributed by atoms with Crippen LogP contribution in [0.2, 0.25) is 5.02 Å². The maximum atomic E-state index is 11.8. The second-order valence-corrected chi connectivity index (χ2v) is 5.38. The summed E-state index contributed by atoms with van der Waals surface area (Å²) in [6.45, 7) is 1.76. The van der Waals surface area contributed by atoms with Gasteiger partial charge < -0.3 is 4.98 Å². The van der Waals surface area contributed by atoms with Gasteiger partial charge in [0.25, 0.3) is 5.56 Å². The van der Waals surface area contributed by atoms with E-state index in [1.165, 1.54) is 0 Å². The fourth-order valence-electron chi connectivity index (χ4n) is 1.08. The summed E-state index contributed by atoms with van der Waals surface area (Å²) >= 11 is 5.55. The Bertz CT molecular complexity index is 601. The van der Waals surface area contributed by atoms with Gasteiger partial charge in [0, 0.05) is 6.20 Å². The first kappa shape index (κ1) is 13.8. The number of terminal acetylenes is 1. The smallest absolute Gasteiger partial charge is 0.266 e. The van der Waals surface area contributed by atoms with Gasteiger partial charge in [-0.1, -0.05) is 24.4 Å². The van der Waals surface area contributed by atoms with Gasteiger partial charge in [0.1, 0.15) is 5.02 Å². The van der Waals surface area contributed by atoms with Crippen molar-refractivity contribution in [3.8, 4) is 12.3 Å². The fraction of sp³-hybridized carbons (Fsp3) is 0.300. The van der Waals surface area contributed by atoms with Gasteiger partial charge in [-0.2, -0.15) is 4.72 Å². The highest BCUT2D eigenvalue weighted by Gasteiger charge is 2.18. The average molecular weight is 275 g/mol. The first-order valence-electron chi connectivity index (χ1n) is 4.77. The minimum absolute atomic E-state index is 0.129. The lowest BCUT2D eigenvalue weighted by molar-refractivity contribution is 0.570. The van der Waals surface area contributed by atoms with Crippen LogP contribution in [0, 0.1) is 12.3 Å². The van der Waals surface area contributed by atoms with Crippen LogP contribution in [-0.4, -0.2) is 19.4 Å². The van der Waals surface area contributed by atoms with Crippen LogP contribution < -0.4 is 10.3 Å². The van der Waals surface area contributed by atoms with Gasteiger partial charge in [-0.05, 0) is 12.5 Å². The van der Waals surface area contributed by atoms with Gasteiger partial charge in [-0.25, -0.2) is 8.42 Å². The minimum atomic E-state index is -3.77. The van der Waals surface area contributed by atoms with Crippen molar-refractivity contribution in [2.75, 3.05) is 0 Å². The monoisotopic (exact) mass is 274 g/mol. The predicted molar refractivity (Wildman–Crippen MR) is 65.3 cm³/mol. The Morgan fingerprint density at radius 3 is 2.76 bits per heavy atom. The van der Waals surface area contributed by atoms with E-state index < -0.39 is 21.6 Å². The number of aromatic amines is 1. The maximum absolute atomic E-state index is 11.8. The van der Waals surface area contributed by atoms with Crippen LogP contribution >= 0.6 is 11.6 Å². The zero-order valence-electron chi connectivity index (χ0n) is 9.03. The number of hydrogen-bond donors (Lipinski definition) is 2. The molecule has 0 saturated heterocycles. The van der Waals surface area contributed by atoms with E-state index >= 15 is 0 Å². The van der Waals surface area contributed by atoms with Crippen molar-refractivity contribution in [2.45, 2.75) is 24.3 Å². The van der Waals surface area contributed by atoms with E-state index in [9.17, 15) is 13.2 Å². The van der Waals surface area contributed by atoms with E-state index in [-0.39, 0.29) is 9.92 Å². The Morgan fingerprint density at radius 2 is 2.29 bits per heavy atom. The summed E-state index contributed by atoms with van der Waals surface area (Å²) in [5.74, 6) is 2.31. The quantitative estimate of drug-likeness (QED) is 0.794. The Kier molecular flexibility index (Phi) is 4.34. The fourth-order valence-corrected chi connectivity index (χ4v) is 2.55. The SMILES string of the molecule is C#CC(CC)NS(=O)(=O)c1c[nH]c(=O)c(Cl)c1. The van der Waals surface area contributed by atoms with Gasteiger partial charge in [-0.3, -0.25) is 4.79 Å².